The zero-order valence-corrected chi connectivity index (χ0v) is 23.6. The second-order valence-corrected chi connectivity index (χ2v) is 11.4. The van der Waals surface area contributed by atoms with E-state index in [0.29, 0.717) is 41.2 Å². The number of nitrogens with zero attached hydrogens (tertiary/aromatic N) is 8. The maximum absolute atomic E-state index is 13.1. The number of nitro groups is 2. The molecule has 0 radical (unpaired) electrons. The fraction of sp³-hybridized carbons (Fsp3) is 0. The lowest BCUT2D eigenvalue weighted by molar-refractivity contribution is -0.385. The van der Waals surface area contributed by atoms with E-state index in [1.54, 1.807) is 60.7 Å². The molecule has 0 aliphatic carbocycles. The Bertz CT molecular complexity index is 2360. The van der Waals surface area contributed by atoms with Crippen LogP contribution in [0.1, 0.15) is 11.1 Å². The van der Waals surface area contributed by atoms with Gasteiger partial charge in [0.1, 0.15) is 0 Å². The second-order valence-electron chi connectivity index (χ2n) is 9.34. The van der Waals surface area contributed by atoms with Gasteiger partial charge in [-0.2, -0.15) is 19.0 Å². The molecule has 0 unspecified atom stereocenters. The molecule has 0 bridgehead atoms. The lowest BCUT2D eigenvalue weighted by atomic mass is 10.1. The topological polar surface area (TPSA) is 181 Å². The van der Waals surface area contributed by atoms with Gasteiger partial charge < -0.3 is 0 Å². The third-order valence-corrected chi connectivity index (χ3v) is 8.45. The first kappa shape index (κ1) is 26.9. The minimum Gasteiger partial charge on any atom is -0.266 e. The molecule has 0 aliphatic heterocycles. The van der Waals surface area contributed by atoms with Crippen LogP contribution in [-0.2, 0) is 0 Å². The molecule has 14 nitrogen and oxygen atoms in total. The number of fused-ring (bicyclic) bond motifs is 2. The van der Waals surface area contributed by atoms with Gasteiger partial charge in [-0.3, -0.25) is 29.8 Å². The van der Waals surface area contributed by atoms with Crippen LogP contribution in [0.2, 0.25) is 0 Å². The van der Waals surface area contributed by atoms with Gasteiger partial charge in [0.2, 0.25) is 9.92 Å². The maximum Gasteiger partial charge on any atom is 0.291 e. The number of nitro benzene ring substituents is 2. The smallest absolute Gasteiger partial charge is 0.266 e. The Balaban J connectivity index is 1.26. The Labute approximate surface area is 251 Å². The van der Waals surface area contributed by atoms with Crippen LogP contribution in [-0.4, -0.2) is 39.0 Å². The first-order valence-electron chi connectivity index (χ1n) is 12.7. The van der Waals surface area contributed by atoms with E-state index in [1.165, 1.54) is 33.3 Å². The van der Waals surface area contributed by atoms with Crippen molar-refractivity contribution in [2.24, 2.45) is 0 Å². The Morgan fingerprint density at radius 3 is 1.45 bits per heavy atom. The Hall–Kier alpha value is -6.00. The van der Waals surface area contributed by atoms with Gasteiger partial charge in [-0.15, -0.1) is 10.2 Å². The first-order valence-corrected chi connectivity index (χ1v) is 14.3. The van der Waals surface area contributed by atoms with E-state index in [2.05, 4.69) is 20.2 Å². The third kappa shape index (κ3) is 4.69. The SMILES string of the molecule is O=c1/c(=C\c2cccc([N+](=O)[O-])c2)sc2nc(-c3ccccc3-c3nc4s/c(=C/c5cccc([N+](=O)[O-])c5)c(=O)n4n3)nn12. The van der Waals surface area contributed by atoms with E-state index in [-0.39, 0.29) is 23.0 Å². The average molecular weight is 623 g/mol. The second kappa shape index (κ2) is 10.4. The normalized spacial score (nSPS) is 12.5. The van der Waals surface area contributed by atoms with Crippen molar-refractivity contribution in [3.05, 3.63) is 134 Å². The zero-order valence-electron chi connectivity index (χ0n) is 21.9. The number of rotatable bonds is 6. The van der Waals surface area contributed by atoms with Crippen molar-refractivity contribution < 1.29 is 9.85 Å². The lowest BCUT2D eigenvalue weighted by Gasteiger charge is -2.01. The fourth-order valence-electron chi connectivity index (χ4n) is 4.53. The molecule has 16 heteroatoms. The third-order valence-electron chi connectivity index (χ3n) is 6.53. The molecule has 0 atom stereocenters. The Kier molecular flexibility index (Phi) is 6.33. The van der Waals surface area contributed by atoms with E-state index in [4.69, 9.17) is 0 Å². The predicted octanol–water partition coefficient (Wildman–Crippen LogP) is 2.86. The minimum atomic E-state index is -0.504. The number of thiazole rings is 2. The largest absolute Gasteiger partial charge is 0.291 e. The molecule has 0 amide bonds. The van der Waals surface area contributed by atoms with Gasteiger partial charge in [0.15, 0.2) is 11.6 Å². The van der Waals surface area contributed by atoms with Crippen LogP contribution in [0.4, 0.5) is 11.4 Å². The molecule has 44 heavy (non-hydrogen) atoms. The van der Waals surface area contributed by atoms with E-state index in [9.17, 15) is 29.8 Å². The summed E-state index contributed by atoms with van der Waals surface area (Å²) in [4.78, 5) is 57.1. The maximum atomic E-state index is 13.1. The number of non-ortho nitro benzene ring substituents is 2. The fourth-order valence-corrected chi connectivity index (χ4v) is 6.34. The lowest BCUT2D eigenvalue weighted by Crippen LogP contribution is -2.23. The molecule has 4 aromatic heterocycles. The predicted molar refractivity (Wildman–Crippen MR) is 162 cm³/mol. The summed E-state index contributed by atoms with van der Waals surface area (Å²) in [5, 5.41) is 31.0. The molecule has 0 saturated carbocycles. The number of hydrogen-bond donors (Lipinski definition) is 0. The van der Waals surface area contributed by atoms with Crippen molar-refractivity contribution in [2.75, 3.05) is 0 Å². The van der Waals surface area contributed by atoms with Crippen LogP contribution in [0.15, 0.2) is 82.4 Å². The van der Waals surface area contributed by atoms with Crippen molar-refractivity contribution in [3.63, 3.8) is 0 Å². The zero-order chi connectivity index (χ0) is 30.5. The molecule has 214 valence electrons. The van der Waals surface area contributed by atoms with Gasteiger partial charge in [0.05, 0.1) is 18.9 Å². The van der Waals surface area contributed by atoms with E-state index in [1.807, 2.05) is 0 Å². The van der Waals surface area contributed by atoms with Crippen LogP contribution in [0.5, 0.6) is 0 Å². The van der Waals surface area contributed by atoms with Crippen LogP contribution >= 0.6 is 22.7 Å². The summed E-state index contributed by atoms with van der Waals surface area (Å²) in [6.07, 6.45) is 3.11. The molecule has 0 N–H and O–H groups in total. The number of benzene rings is 3. The van der Waals surface area contributed by atoms with Gasteiger partial charge in [0, 0.05) is 35.4 Å². The summed E-state index contributed by atoms with van der Waals surface area (Å²) < 4.78 is 2.98. The molecule has 0 fully saturated rings. The van der Waals surface area contributed by atoms with Crippen molar-refractivity contribution in [1.29, 1.82) is 0 Å². The van der Waals surface area contributed by atoms with E-state index < -0.39 is 21.0 Å². The van der Waals surface area contributed by atoms with Gasteiger partial charge in [0.25, 0.3) is 22.5 Å². The van der Waals surface area contributed by atoms with Crippen molar-refractivity contribution in [3.8, 4) is 22.8 Å². The van der Waals surface area contributed by atoms with Gasteiger partial charge in [-0.25, -0.2) is 0 Å². The van der Waals surface area contributed by atoms with Crippen LogP contribution in [0, 0.1) is 20.2 Å². The monoisotopic (exact) mass is 622 g/mol. The van der Waals surface area contributed by atoms with Crippen molar-refractivity contribution in [2.45, 2.75) is 0 Å². The molecule has 0 saturated heterocycles. The molecule has 0 aliphatic rings. The van der Waals surface area contributed by atoms with Crippen molar-refractivity contribution in [1.82, 2.24) is 29.2 Å². The summed E-state index contributed by atoms with van der Waals surface area (Å²) in [5.74, 6) is 0.511. The van der Waals surface area contributed by atoms with E-state index in [0.717, 1.165) is 22.7 Å². The van der Waals surface area contributed by atoms with Gasteiger partial charge in [-0.1, -0.05) is 71.2 Å². The summed E-state index contributed by atoms with van der Waals surface area (Å²) in [6.45, 7) is 0. The average Bonchev–Trinajstić information content (AvgIpc) is 3.76. The Morgan fingerprint density at radius 1 is 0.636 bits per heavy atom. The molecule has 0 spiro atoms. The first-order chi connectivity index (χ1) is 21.2. The molecule has 7 rings (SSSR count). The molecule has 4 heterocycles. The highest BCUT2D eigenvalue weighted by Gasteiger charge is 2.19. The minimum absolute atomic E-state index is 0.0850. The number of aromatic nitrogens is 6. The molecular formula is C28H14N8O6S2. The molecule has 3 aromatic carbocycles. The van der Waals surface area contributed by atoms with Gasteiger partial charge >= 0.3 is 0 Å². The highest BCUT2D eigenvalue weighted by molar-refractivity contribution is 7.15. The molecule has 7 aromatic rings. The standard InChI is InChI=1S/C28H14N8O6S2/c37-25-21(13-15-5-3-7-17(11-15)35(39)40)43-27-29-23(31-33(25)27)19-9-1-2-10-20(19)24-30-28-34(32-24)26(38)22(44-28)14-16-6-4-8-18(12-16)36(41)42/h1-14H/b21-13+,22-14+. The number of hydrogen-bond acceptors (Lipinski definition) is 12. The summed E-state index contributed by atoms with van der Waals surface area (Å²) in [7, 11) is 0. The molecular weight excluding hydrogens is 608 g/mol. The van der Waals surface area contributed by atoms with E-state index >= 15 is 0 Å². The van der Waals surface area contributed by atoms with Crippen LogP contribution in [0.25, 0.3) is 44.8 Å². The van der Waals surface area contributed by atoms with Crippen LogP contribution in [0.3, 0.4) is 0 Å². The highest BCUT2D eigenvalue weighted by Crippen LogP contribution is 2.29. The summed E-state index contributed by atoms with van der Waals surface area (Å²) in [5.41, 5.74) is 1.08. The summed E-state index contributed by atoms with van der Waals surface area (Å²) in [6, 6.07) is 19.0. The summed E-state index contributed by atoms with van der Waals surface area (Å²) >= 11 is 2.20. The quantitative estimate of drug-likeness (QED) is 0.198. The van der Waals surface area contributed by atoms with Gasteiger partial charge in [-0.05, 0) is 23.3 Å². The van der Waals surface area contributed by atoms with Crippen molar-refractivity contribution >= 4 is 56.1 Å². The van der Waals surface area contributed by atoms with Crippen LogP contribution < -0.4 is 20.2 Å². The Morgan fingerprint density at radius 2 is 1.07 bits per heavy atom. The highest BCUT2D eigenvalue weighted by atomic mass is 32.1.